The molecule has 1 heterocycles. The topological polar surface area (TPSA) is 81.0 Å². The Hall–Kier alpha value is -1.36. The number of rotatable bonds is 4. The lowest BCUT2D eigenvalue weighted by molar-refractivity contribution is 0.177. The molecule has 1 aromatic heterocycles. The van der Waals surface area contributed by atoms with Gasteiger partial charge in [-0.3, -0.25) is 4.79 Å². The highest BCUT2D eigenvalue weighted by Gasteiger charge is 2.07. The van der Waals surface area contributed by atoms with Crippen molar-refractivity contribution in [1.29, 1.82) is 0 Å². The Balaban J connectivity index is 3.05. The van der Waals surface area contributed by atoms with Crippen LogP contribution in [0, 0.1) is 0 Å². The van der Waals surface area contributed by atoms with Gasteiger partial charge in [0.2, 0.25) is 0 Å². The highest BCUT2D eigenvalue weighted by atomic mass is 16.5. The summed E-state index contributed by atoms with van der Waals surface area (Å²) in [7, 11) is 1.54. The van der Waals surface area contributed by atoms with Gasteiger partial charge >= 0.3 is 0 Å². The van der Waals surface area contributed by atoms with Crippen LogP contribution in [-0.2, 0) is 17.8 Å². The fourth-order valence-corrected chi connectivity index (χ4v) is 1.26. The summed E-state index contributed by atoms with van der Waals surface area (Å²) < 4.78 is 4.85. The van der Waals surface area contributed by atoms with E-state index >= 15 is 0 Å². The van der Waals surface area contributed by atoms with Gasteiger partial charge in [-0.2, -0.15) is 0 Å². The number of aromatic nitrogens is 2. The average molecular weight is 197 g/mol. The first-order chi connectivity index (χ1) is 6.69. The molecule has 14 heavy (non-hydrogen) atoms. The fourth-order valence-electron chi connectivity index (χ4n) is 1.26. The van der Waals surface area contributed by atoms with Crippen molar-refractivity contribution in [3.8, 4) is 0 Å². The first-order valence-corrected chi connectivity index (χ1v) is 4.55. The standard InChI is InChI=1S/C9H15N3O2/c1-3-4-6-8(10)11-7(5-14-2)12-9(6)13/h3-5H2,1-2H3,(H3,10,11,12,13). The maximum absolute atomic E-state index is 11.5. The third-order valence-electron chi connectivity index (χ3n) is 1.88. The molecule has 0 aromatic carbocycles. The predicted octanol–water partition coefficient (Wildman–Crippen LogP) is 0.451. The fraction of sp³-hybridized carbons (Fsp3) is 0.556. The first kappa shape index (κ1) is 10.7. The van der Waals surface area contributed by atoms with E-state index in [2.05, 4.69) is 9.97 Å². The minimum atomic E-state index is -0.161. The molecule has 0 unspecified atom stereocenters. The zero-order chi connectivity index (χ0) is 10.6. The molecule has 0 spiro atoms. The van der Waals surface area contributed by atoms with Crippen LogP contribution in [0.3, 0.4) is 0 Å². The molecule has 1 rings (SSSR count). The number of nitrogen functional groups attached to an aromatic ring is 1. The number of hydrogen-bond donors (Lipinski definition) is 2. The Bertz CT molecular complexity index is 360. The highest BCUT2D eigenvalue weighted by Crippen LogP contribution is 2.05. The Kier molecular flexibility index (Phi) is 3.64. The molecule has 0 atom stereocenters. The lowest BCUT2D eigenvalue weighted by Gasteiger charge is -2.04. The van der Waals surface area contributed by atoms with Gasteiger partial charge in [0, 0.05) is 7.11 Å². The predicted molar refractivity (Wildman–Crippen MR) is 54.0 cm³/mol. The molecule has 0 fully saturated rings. The smallest absolute Gasteiger partial charge is 0.256 e. The maximum atomic E-state index is 11.5. The highest BCUT2D eigenvalue weighted by molar-refractivity contribution is 5.37. The molecule has 0 saturated heterocycles. The summed E-state index contributed by atoms with van der Waals surface area (Å²) in [4.78, 5) is 18.2. The number of nitrogens with two attached hydrogens (primary N) is 1. The number of anilines is 1. The maximum Gasteiger partial charge on any atom is 0.256 e. The summed E-state index contributed by atoms with van der Waals surface area (Å²) in [5.41, 5.74) is 6.05. The van der Waals surface area contributed by atoms with Crippen molar-refractivity contribution in [3.05, 3.63) is 21.7 Å². The SMILES string of the molecule is CCCc1c(N)nc(COC)[nH]c1=O. The van der Waals surface area contributed by atoms with E-state index in [0.717, 1.165) is 6.42 Å². The largest absolute Gasteiger partial charge is 0.383 e. The molecule has 0 aliphatic heterocycles. The van der Waals surface area contributed by atoms with Crippen LogP contribution < -0.4 is 11.3 Å². The van der Waals surface area contributed by atoms with E-state index in [1.165, 1.54) is 7.11 Å². The van der Waals surface area contributed by atoms with Gasteiger partial charge in [-0.05, 0) is 6.42 Å². The van der Waals surface area contributed by atoms with Crippen LogP contribution in [0.2, 0.25) is 0 Å². The van der Waals surface area contributed by atoms with Gasteiger partial charge in [0.05, 0.1) is 5.56 Å². The quantitative estimate of drug-likeness (QED) is 0.734. The van der Waals surface area contributed by atoms with E-state index in [9.17, 15) is 4.79 Å². The van der Waals surface area contributed by atoms with Crippen LogP contribution >= 0.6 is 0 Å². The normalized spacial score (nSPS) is 10.4. The number of ether oxygens (including phenoxy) is 1. The van der Waals surface area contributed by atoms with E-state index in [1.807, 2.05) is 6.92 Å². The van der Waals surface area contributed by atoms with Gasteiger partial charge in [-0.1, -0.05) is 13.3 Å². The van der Waals surface area contributed by atoms with Crippen molar-refractivity contribution >= 4 is 5.82 Å². The molecular formula is C9H15N3O2. The summed E-state index contributed by atoms with van der Waals surface area (Å²) in [6, 6.07) is 0. The van der Waals surface area contributed by atoms with Crippen molar-refractivity contribution in [3.63, 3.8) is 0 Å². The Labute approximate surface area is 82.3 Å². The summed E-state index contributed by atoms with van der Waals surface area (Å²) in [6.07, 6.45) is 1.53. The van der Waals surface area contributed by atoms with E-state index in [1.54, 1.807) is 0 Å². The second-order valence-electron chi connectivity index (χ2n) is 3.06. The van der Waals surface area contributed by atoms with E-state index in [0.29, 0.717) is 23.6 Å². The summed E-state index contributed by atoms with van der Waals surface area (Å²) in [5.74, 6) is 0.775. The monoisotopic (exact) mass is 197 g/mol. The van der Waals surface area contributed by atoms with Crippen LogP contribution in [0.1, 0.15) is 24.7 Å². The molecule has 3 N–H and O–H groups in total. The zero-order valence-corrected chi connectivity index (χ0v) is 8.46. The van der Waals surface area contributed by atoms with Crippen molar-refractivity contribution < 1.29 is 4.74 Å². The molecule has 78 valence electrons. The minimum absolute atomic E-state index is 0.161. The Morgan fingerprint density at radius 1 is 1.57 bits per heavy atom. The molecule has 0 amide bonds. The lowest BCUT2D eigenvalue weighted by Crippen LogP contribution is -2.19. The van der Waals surface area contributed by atoms with E-state index < -0.39 is 0 Å². The molecular weight excluding hydrogens is 182 g/mol. The molecule has 0 bridgehead atoms. The van der Waals surface area contributed by atoms with E-state index in [4.69, 9.17) is 10.5 Å². The van der Waals surface area contributed by atoms with Gasteiger partial charge in [0.25, 0.3) is 5.56 Å². The zero-order valence-electron chi connectivity index (χ0n) is 8.46. The van der Waals surface area contributed by atoms with E-state index in [-0.39, 0.29) is 12.2 Å². The molecule has 5 heteroatoms. The minimum Gasteiger partial charge on any atom is -0.383 e. The molecule has 0 radical (unpaired) electrons. The molecule has 1 aromatic rings. The molecule has 0 aliphatic rings. The van der Waals surface area contributed by atoms with Gasteiger partial charge in [-0.15, -0.1) is 0 Å². The van der Waals surface area contributed by atoms with Crippen LogP contribution in [0.4, 0.5) is 5.82 Å². The average Bonchev–Trinajstić information content (AvgIpc) is 2.12. The summed E-state index contributed by atoms with van der Waals surface area (Å²) >= 11 is 0. The molecule has 0 aliphatic carbocycles. The summed E-state index contributed by atoms with van der Waals surface area (Å²) in [5, 5.41) is 0. The third kappa shape index (κ3) is 2.32. The van der Waals surface area contributed by atoms with Gasteiger partial charge < -0.3 is 15.5 Å². The second-order valence-corrected chi connectivity index (χ2v) is 3.06. The van der Waals surface area contributed by atoms with Crippen molar-refractivity contribution in [2.45, 2.75) is 26.4 Å². The number of methoxy groups -OCH3 is 1. The molecule has 0 saturated carbocycles. The van der Waals surface area contributed by atoms with Crippen LogP contribution in [0.25, 0.3) is 0 Å². The Morgan fingerprint density at radius 2 is 2.29 bits per heavy atom. The van der Waals surface area contributed by atoms with Crippen LogP contribution in [0.5, 0.6) is 0 Å². The number of H-pyrrole nitrogens is 1. The lowest BCUT2D eigenvalue weighted by atomic mass is 10.2. The third-order valence-corrected chi connectivity index (χ3v) is 1.88. The van der Waals surface area contributed by atoms with Crippen molar-refractivity contribution in [1.82, 2.24) is 9.97 Å². The van der Waals surface area contributed by atoms with Crippen molar-refractivity contribution in [2.24, 2.45) is 0 Å². The number of nitrogens with one attached hydrogen (secondary N) is 1. The number of aromatic amines is 1. The van der Waals surface area contributed by atoms with Crippen molar-refractivity contribution in [2.75, 3.05) is 12.8 Å². The van der Waals surface area contributed by atoms with Gasteiger partial charge in [0.15, 0.2) is 0 Å². The van der Waals surface area contributed by atoms with Crippen LogP contribution in [0.15, 0.2) is 4.79 Å². The van der Waals surface area contributed by atoms with Crippen LogP contribution in [-0.4, -0.2) is 17.1 Å². The number of hydrogen-bond acceptors (Lipinski definition) is 4. The Morgan fingerprint density at radius 3 is 2.79 bits per heavy atom. The van der Waals surface area contributed by atoms with Gasteiger partial charge in [-0.25, -0.2) is 4.98 Å². The molecule has 5 nitrogen and oxygen atoms in total. The second kappa shape index (κ2) is 4.76. The first-order valence-electron chi connectivity index (χ1n) is 4.55. The summed E-state index contributed by atoms with van der Waals surface area (Å²) in [6.45, 7) is 2.26. The van der Waals surface area contributed by atoms with Gasteiger partial charge in [0.1, 0.15) is 18.2 Å². The number of nitrogens with zero attached hydrogens (tertiary/aromatic N) is 1.